The SMILES string of the molecule is CC(C)(C)[Si](C)(C)OC1C[C@@H]2OC(=O)CCC/C=C\C[C@@H]2[C@H]1CC[C@H](CCc1ccccc1)O[Si](C)(C)C(C)(C)C. The number of hydrogen-bond acceptors (Lipinski definition) is 4. The van der Waals surface area contributed by atoms with Crippen molar-refractivity contribution in [2.24, 2.45) is 11.8 Å². The molecule has 0 bridgehead atoms. The van der Waals surface area contributed by atoms with Crippen LogP contribution in [0.4, 0.5) is 0 Å². The minimum atomic E-state index is -2.00. The Hall–Kier alpha value is -1.22. The lowest BCUT2D eigenvalue weighted by atomic mass is 9.85. The summed E-state index contributed by atoms with van der Waals surface area (Å²) in [5.41, 5.74) is 1.38. The standard InChI is InChI=1S/C35H60O4Si2/c1-34(2,3)40(7,8)38-28(23-22-27-18-14-13-15-19-27)24-25-30-29-20-16-11-12-17-21-33(36)37-31(29)26-32(30)39-41(9,10)35(4,5)6/h11,13-16,18-19,28-32H,12,17,20-26H2,1-10H3/b16-11-/t28-,29+,30+,31-,32?/m0/s1. The van der Waals surface area contributed by atoms with E-state index in [0.717, 1.165) is 51.4 Å². The first kappa shape index (κ1) is 34.3. The molecule has 1 aromatic carbocycles. The van der Waals surface area contributed by atoms with Crippen LogP contribution in [-0.2, 0) is 24.8 Å². The molecule has 4 nitrogen and oxygen atoms in total. The van der Waals surface area contributed by atoms with Gasteiger partial charge in [-0.05, 0) is 92.7 Å². The van der Waals surface area contributed by atoms with Crippen molar-refractivity contribution >= 4 is 22.6 Å². The smallest absolute Gasteiger partial charge is 0.306 e. The number of rotatable bonds is 10. The van der Waals surface area contributed by atoms with Gasteiger partial charge in [0.1, 0.15) is 6.10 Å². The predicted molar refractivity (Wildman–Crippen MR) is 177 cm³/mol. The zero-order chi connectivity index (χ0) is 30.5. The first-order chi connectivity index (χ1) is 19.0. The summed E-state index contributed by atoms with van der Waals surface area (Å²) in [4.78, 5) is 12.7. The van der Waals surface area contributed by atoms with Crippen molar-refractivity contribution in [1.29, 1.82) is 0 Å². The molecule has 0 spiro atoms. The molecule has 1 fully saturated rings. The van der Waals surface area contributed by atoms with Crippen LogP contribution in [0, 0.1) is 11.8 Å². The van der Waals surface area contributed by atoms with E-state index < -0.39 is 16.6 Å². The van der Waals surface area contributed by atoms with Gasteiger partial charge in [-0.3, -0.25) is 4.79 Å². The molecule has 1 aliphatic heterocycles. The van der Waals surface area contributed by atoms with Crippen molar-refractivity contribution in [1.82, 2.24) is 0 Å². The number of hydrogen-bond donors (Lipinski definition) is 0. The van der Waals surface area contributed by atoms with Crippen molar-refractivity contribution in [2.75, 3.05) is 0 Å². The van der Waals surface area contributed by atoms with E-state index in [1.165, 1.54) is 5.56 Å². The van der Waals surface area contributed by atoms with Crippen LogP contribution in [0.15, 0.2) is 42.5 Å². The maximum Gasteiger partial charge on any atom is 0.306 e. The fraction of sp³-hybridized carbons (Fsp3) is 0.743. The average Bonchev–Trinajstić information content (AvgIpc) is 3.16. The van der Waals surface area contributed by atoms with Crippen LogP contribution in [0.1, 0.15) is 98.5 Å². The summed E-state index contributed by atoms with van der Waals surface area (Å²) in [7, 11) is -3.94. The number of allylic oxidation sites excluding steroid dienone is 2. The molecule has 0 amide bonds. The van der Waals surface area contributed by atoms with Gasteiger partial charge in [-0.15, -0.1) is 0 Å². The second-order valence-electron chi connectivity index (χ2n) is 15.7. The molecule has 3 rings (SSSR count). The van der Waals surface area contributed by atoms with Crippen LogP contribution in [0.3, 0.4) is 0 Å². The van der Waals surface area contributed by atoms with Crippen LogP contribution < -0.4 is 0 Å². The molecule has 1 unspecified atom stereocenters. The summed E-state index contributed by atoms with van der Waals surface area (Å²) in [6.45, 7) is 23.4. The van der Waals surface area contributed by atoms with E-state index in [0.29, 0.717) is 18.3 Å². The first-order valence-corrected chi connectivity index (χ1v) is 22.1. The molecule has 0 saturated heterocycles. The first-order valence-electron chi connectivity index (χ1n) is 16.2. The second kappa shape index (κ2) is 14.0. The van der Waals surface area contributed by atoms with E-state index in [9.17, 15) is 4.79 Å². The summed E-state index contributed by atoms with van der Waals surface area (Å²) in [5, 5.41) is 0.300. The summed E-state index contributed by atoms with van der Waals surface area (Å²) in [6, 6.07) is 10.8. The summed E-state index contributed by atoms with van der Waals surface area (Å²) in [5.74, 6) is 0.614. The molecular formula is C35H60O4Si2. The maximum absolute atomic E-state index is 12.7. The molecule has 232 valence electrons. The van der Waals surface area contributed by atoms with E-state index >= 15 is 0 Å². The molecular weight excluding hydrogens is 541 g/mol. The average molecular weight is 601 g/mol. The summed E-state index contributed by atoms with van der Waals surface area (Å²) in [6.07, 6.45) is 13.1. The molecule has 0 radical (unpaired) electrons. The highest BCUT2D eigenvalue weighted by molar-refractivity contribution is 6.74. The predicted octanol–water partition coefficient (Wildman–Crippen LogP) is 9.86. The van der Waals surface area contributed by atoms with E-state index in [4.69, 9.17) is 13.6 Å². The van der Waals surface area contributed by atoms with E-state index in [1.54, 1.807) is 0 Å². The van der Waals surface area contributed by atoms with E-state index in [1.807, 2.05) is 0 Å². The van der Waals surface area contributed by atoms with Crippen LogP contribution in [0.25, 0.3) is 0 Å². The second-order valence-corrected chi connectivity index (χ2v) is 25.2. The third-order valence-electron chi connectivity index (χ3n) is 10.5. The van der Waals surface area contributed by atoms with Crippen molar-refractivity contribution in [3.8, 4) is 0 Å². The van der Waals surface area contributed by atoms with Gasteiger partial charge in [0.05, 0.1) is 6.10 Å². The number of ether oxygens (including phenoxy) is 1. The normalized spacial score (nSPS) is 26.2. The highest BCUT2D eigenvalue weighted by Gasteiger charge is 2.49. The topological polar surface area (TPSA) is 44.8 Å². The largest absolute Gasteiger partial charge is 0.462 e. The van der Waals surface area contributed by atoms with Gasteiger partial charge in [-0.25, -0.2) is 0 Å². The highest BCUT2D eigenvalue weighted by atomic mass is 28.4. The summed E-state index contributed by atoms with van der Waals surface area (Å²) < 4.78 is 20.5. The van der Waals surface area contributed by atoms with Crippen LogP contribution in [0.2, 0.25) is 36.3 Å². The molecule has 0 N–H and O–H groups in total. The molecule has 2 aliphatic rings. The maximum atomic E-state index is 12.7. The van der Waals surface area contributed by atoms with Crippen LogP contribution >= 0.6 is 0 Å². The quantitative estimate of drug-likeness (QED) is 0.152. The molecule has 1 heterocycles. The molecule has 41 heavy (non-hydrogen) atoms. The minimum absolute atomic E-state index is 0.0379. The van der Waals surface area contributed by atoms with Gasteiger partial charge in [0.15, 0.2) is 16.6 Å². The fourth-order valence-corrected chi connectivity index (χ4v) is 8.66. The van der Waals surface area contributed by atoms with Gasteiger partial charge in [0.25, 0.3) is 0 Å². The Morgan fingerprint density at radius 1 is 0.927 bits per heavy atom. The number of fused-ring (bicyclic) bond motifs is 1. The Labute approximate surface area is 254 Å². The van der Waals surface area contributed by atoms with Crippen molar-refractivity contribution < 1.29 is 18.4 Å². The zero-order valence-corrected chi connectivity index (χ0v) is 29.9. The Morgan fingerprint density at radius 3 is 2.22 bits per heavy atom. The lowest BCUT2D eigenvalue weighted by Crippen LogP contribution is -2.45. The molecule has 1 saturated carbocycles. The van der Waals surface area contributed by atoms with Crippen molar-refractivity contribution in [2.45, 2.75) is 154 Å². The molecule has 5 atom stereocenters. The van der Waals surface area contributed by atoms with Gasteiger partial charge in [-0.1, -0.05) is 84.0 Å². The van der Waals surface area contributed by atoms with Crippen molar-refractivity contribution in [3.05, 3.63) is 48.0 Å². The molecule has 6 heteroatoms. The van der Waals surface area contributed by atoms with E-state index in [-0.39, 0.29) is 34.4 Å². The number of benzene rings is 1. The number of carbonyl (C=O) groups excluding carboxylic acids is 1. The van der Waals surface area contributed by atoms with Gasteiger partial charge >= 0.3 is 5.97 Å². The minimum Gasteiger partial charge on any atom is -0.462 e. The fourth-order valence-electron chi connectivity index (χ4n) is 5.85. The van der Waals surface area contributed by atoms with Crippen LogP contribution in [-0.4, -0.2) is 40.9 Å². The van der Waals surface area contributed by atoms with Gasteiger partial charge in [0, 0.05) is 24.9 Å². The Balaban J connectivity index is 1.86. The van der Waals surface area contributed by atoms with Crippen LogP contribution in [0.5, 0.6) is 0 Å². The summed E-state index contributed by atoms with van der Waals surface area (Å²) >= 11 is 0. The molecule has 1 aliphatic carbocycles. The number of carbonyl (C=O) groups is 1. The highest BCUT2D eigenvalue weighted by Crippen LogP contribution is 2.47. The van der Waals surface area contributed by atoms with Gasteiger partial charge in [-0.2, -0.15) is 0 Å². The molecule has 1 aromatic rings. The monoisotopic (exact) mass is 600 g/mol. The number of aryl methyl sites for hydroxylation is 1. The van der Waals surface area contributed by atoms with Gasteiger partial charge < -0.3 is 13.6 Å². The third-order valence-corrected chi connectivity index (χ3v) is 19.6. The lowest BCUT2D eigenvalue weighted by Gasteiger charge is -2.41. The molecule has 0 aromatic heterocycles. The zero-order valence-electron chi connectivity index (χ0n) is 27.9. The van der Waals surface area contributed by atoms with Gasteiger partial charge in [0.2, 0.25) is 0 Å². The Kier molecular flexibility index (Phi) is 11.7. The van der Waals surface area contributed by atoms with E-state index in [2.05, 4.69) is 110 Å². The number of esters is 1. The van der Waals surface area contributed by atoms with Crippen molar-refractivity contribution in [3.63, 3.8) is 0 Å². The Bertz CT molecular complexity index is 990. The third kappa shape index (κ3) is 9.64. The Morgan fingerprint density at radius 2 is 1.59 bits per heavy atom. The lowest BCUT2D eigenvalue weighted by molar-refractivity contribution is -0.151.